The largest absolute Gasteiger partial charge is 0.448 e. The van der Waals surface area contributed by atoms with E-state index >= 15 is 0 Å². The van der Waals surface area contributed by atoms with Gasteiger partial charge in [-0.2, -0.15) is 0 Å². The van der Waals surface area contributed by atoms with Crippen molar-refractivity contribution in [3.8, 4) is 10.4 Å². The number of nitrogens with one attached hydrogen (secondary N) is 4. The molecule has 1 saturated heterocycles. The molecule has 2 fully saturated rings. The smallest absolute Gasteiger partial charge is 0.407 e. The molecular weight excluding hydrogens is 637 g/mol. The molecule has 11 nitrogen and oxygen atoms in total. The van der Waals surface area contributed by atoms with E-state index in [-0.39, 0.29) is 22.9 Å². The first-order valence-electron chi connectivity index (χ1n) is 16.2. The summed E-state index contributed by atoms with van der Waals surface area (Å²) in [7, 11) is -1.89. The van der Waals surface area contributed by atoms with E-state index in [0.717, 1.165) is 60.5 Å². The molecule has 0 unspecified atom stereocenters. The van der Waals surface area contributed by atoms with Crippen molar-refractivity contribution in [3.05, 3.63) is 65.3 Å². The molecule has 4 N–H and O–H groups in total. The molecule has 3 aromatic rings. The number of hydrogen-bond acceptors (Lipinski definition) is 8. The van der Waals surface area contributed by atoms with Crippen LogP contribution >= 0.6 is 11.3 Å². The molecule has 1 aromatic heterocycles. The number of likely N-dealkylation sites (N-methyl/N-ethyl adjacent to an activating group) is 1. The van der Waals surface area contributed by atoms with Crippen molar-refractivity contribution in [2.45, 2.75) is 94.3 Å². The number of aromatic nitrogens is 1. The van der Waals surface area contributed by atoms with Crippen LogP contribution in [0.4, 0.5) is 15.3 Å². The fourth-order valence-electron chi connectivity index (χ4n) is 6.09. The molecule has 1 aliphatic heterocycles. The second kappa shape index (κ2) is 15.1. The fourth-order valence-corrected chi connectivity index (χ4v) is 8.95. The Bertz CT molecular complexity index is 1630. The number of urea groups is 1. The van der Waals surface area contributed by atoms with Gasteiger partial charge in [-0.15, -0.1) is 11.3 Å². The number of thiazole rings is 1. The number of sulfonamides is 1. The van der Waals surface area contributed by atoms with Crippen LogP contribution in [-0.2, 0) is 21.3 Å². The first-order valence-corrected chi connectivity index (χ1v) is 18.5. The molecule has 1 atom stereocenters. The van der Waals surface area contributed by atoms with Crippen molar-refractivity contribution in [3.63, 3.8) is 0 Å². The van der Waals surface area contributed by atoms with Gasteiger partial charge in [0.25, 0.3) is 0 Å². The SMILES string of the molecule is CN1CCC[C@@H]1COC(=O)NC1CCC(c2ncc(-c3ccc(NC(=O)NCc4ccccc4)cc3S(=O)(=O)NC(C)(C)C)s2)CC1. The molecule has 47 heavy (non-hydrogen) atoms. The number of amides is 3. The van der Waals surface area contributed by atoms with Gasteiger partial charge in [-0.1, -0.05) is 36.4 Å². The van der Waals surface area contributed by atoms with Gasteiger partial charge in [0.1, 0.15) is 6.61 Å². The number of benzene rings is 2. The average molecular weight is 683 g/mol. The molecular formula is C34H46N6O5S2. The Morgan fingerprint density at radius 2 is 1.79 bits per heavy atom. The summed E-state index contributed by atoms with van der Waals surface area (Å²) in [5.74, 6) is 0.219. The molecule has 1 saturated carbocycles. The number of likely N-dealkylation sites (tertiary alicyclic amines) is 1. The van der Waals surface area contributed by atoms with Crippen LogP contribution in [0.5, 0.6) is 0 Å². The molecule has 2 heterocycles. The highest BCUT2D eigenvalue weighted by Crippen LogP contribution is 2.40. The van der Waals surface area contributed by atoms with E-state index in [4.69, 9.17) is 9.72 Å². The molecule has 0 bridgehead atoms. The minimum absolute atomic E-state index is 0.0599. The van der Waals surface area contributed by atoms with Crippen LogP contribution in [0.2, 0.25) is 0 Å². The lowest BCUT2D eigenvalue weighted by atomic mass is 9.86. The van der Waals surface area contributed by atoms with Gasteiger partial charge in [-0.05, 0) is 90.6 Å². The van der Waals surface area contributed by atoms with Gasteiger partial charge in [0.05, 0.1) is 14.8 Å². The Kier molecular flexibility index (Phi) is 11.2. The molecule has 13 heteroatoms. The minimum Gasteiger partial charge on any atom is -0.448 e. The normalized spacial score (nSPS) is 20.5. The molecule has 2 aliphatic rings. The monoisotopic (exact) mass is 682 g/mol. The van der Waals surface area contributed by atoms with Crippen LogP contribution in [0, 0.1) is 0 Å². The van der Waals surface area contributed by atoms with Crippen LogP contribution < -0.4 is 20.7 Å². The lowest BCUT2D eigenvalue weighted by Crippen LogP contribution is -2.40. The van der Waals surface area contributed by atoms with Crippen molar-refractivity contribution in [1.82, 2.24) is 25.2 Å². The van der Waals surface area contributed by atoms with Crippen molar-refractivity contribution in [2.75, 3.05) is 25.5 Å². The second-order valence-electron chi connectivity index (χ2n) is 13.5. The van der Waals surface area contributed by atoms with Crippen molar-refractivity contribution >= 4 is 39.2 Å². The third-order valence-electron chi connectivity index (χ3n) is 8.53. The fraction of sp³-hybridized carbons (Fsp3) is 0.500. The maximum absolute atomic E-state index is 13.7. The van der Waals surface area contributed by atoms with Gasteiger partial charge in [-0.3, -0.25) is 0 Å². The maximum Gasteiger partial charge on any atom is 0.407 e. The molecule has 2 aromatic carbocycles. The lowest BCUT2D eigenvalue weighted by molar-refractivity contribution is 0.110. The Morgan fingerprint density at radius 3 is 2.47 bits per heavy atom. The highest BCUT2D eigenvalue weighted by atomic mass is 32.2. The Balaban J connectivity index is 1.24. The molecule has 0 spiro atoms. The quantitative estimate of drug-likeness (QED) is 0.204. The van der Waals surface area contributed by atoms with Gasteiger partial charge < -0.3 is 25.6 Å². The second-order valence-corrected chi connectivity index (χ2v) is 16.2. The summed E-state index contributed by atoms with van der Waals surface area (Å²) in [6, 6.07) is 14.4. The van der Waals surface area contributed by atoms with Gasteiger partial charge in [0, 0.05) is 47.5 Å². The van der Waals surface area contributed by atoms with Crippen LogP contribution in [0.3, 0.4) is 0 Å². The van der Waals surface area contributed by atoms with E-state index < -0.39 is 21.6 Å². The zero-order valence-corrected chi connectivity index (χ0v) is 29.2. The highest BCUT2D eigenvalue weighted by molar-refractivity contribution is 7.89. The van der Waals surface area contributed by atoms with Crippen LogP contribution in [0.25, 0.3) is 10.4 Å². The summed E-state index contributed by atoms with van der Waals surface area (Å²) in [5.41, 5.74) is 1.12. The van der Waals surface area contributed by atoms with E-state index in [1.165, 1.54) is 17.4 Å². The first kappa shape index (κ1) is 34.8. The molecule has 5 rings (SSSR count). The van der Waals surface area contributed by atoms with Gasteiger partial charge in [-0.25, -0.2) is 27.7 Å². The van der Waals surface area contributed by atoms with E-state index in [1.807, 2.05) is 30.3 Å². The van der Waals surface area contributed by atoms with Gasteiger partial charge in [0.2, 0.25) is 10.0 Å². The number of carbonyl (C=O) groups is 2. The number of hydrogen-bond donors (Lipinski definition) is 4. The van der Waals surface area contributed by atoms with Crippen LogP contribution in [-0.4, -0.2) is 68.2 Å². The molecule has 3 amide bonds. The van der Waals surface area contributed by atoms with E-state index in [0.29, 0.717) is 30.4 Å². The number of nitrogens with zero attached hydrogens (tertiary/aromatic N) is 2. The first-order chi connectivity index (χ1) is 22.4. The number of alkyl carbamates (subject to hydrolysis) is 1. The van der Waals surface area contributed by atoms with Crippen molar-refractivity contribution in [1.29, 1.82) is 0 Å². The number of anilines is 1. The predicted molar refractivity (Wildman–Crippen MR) is 185 cm³/mol. The van der Waals surface area contributed by atoms with Crippen molar-refractivity contribution < 1.29 is 22.7 Å². The van der Waals surface area contributed by atoms with E-state index in [2.05, 4.69) is 32.6 Å². The Morgan fingerprint density at radius 1 is 1.04 bits per heavy atom. The zero-order valence-electron chi connectivity index (χ0n) is 27.5. The zero-order chi connectivity index (χ0) is 33.6. The minimum atomic E-state index is -3.96. The number of rotatable bonds is 10. The van der Waals surface area contributed by atoms with Crippen LogP contribution in [0.1, 0.15) is 75.8 Å². The molecule has 1 aliphatic carbocycles. The number of carbonyl (C=O) groups excluding carboxylic acids is 2. The highest BCUT2D eigenvalue weighted by Gasteiger charge is 2.29. The maximum atomic E-state index is 13.7. The van der Waals surface area contributed by atoms with E-state index in [1.54, 1.807) is 39.1 Å². The lowest BCUT2D eigenvalue weighted by Gasteiger charge is -2.28. The summed E-state index contributed by atoms with van der Waals surface area (Å²) in [5, 5.41) is 9.55. The standard InChI is InChI=1S/C34H46N6O5S2/c1-34(2,3)39-47(43,44)30-19-26(37-32(41)36-20-23-9-6-5-7-10-23)16-17-28(30)29-21-35-31(46-29)24-12-14-25(15-13-24)38-33(42)45-22-27-11-8-18-40(27)4/h5-7,9-10,16-17,19,21,24-25,27,39H,8,11-15,18,20,22H2,1-4H3,(H,38,42)(H2,36,37,41)/t24?,25?,27-/m1/s1. The third kappa shape index (κ3) is 9.75. The summed E-state index contributed by atoms with van der Waals surface area (Å²) in [6.45, 7) is 7.15. The Labute approximate surface area is 281 Å². The predicted octanol–water partition coefficient (Wildman–Crippen LogP) is 6.06. The third-order valence-corrected chi connectivity index (χ3v) is 11.5. The van der Waals surface area contributed by atoms with Gasteiger partial charge >= 0.3 is 12.1 Å². The van der Waals surface area contributed by atoms with Gasteiger partial charge in [0.15, 0.2) is 0 Å². The summed E-state index contributed by atoms with van der Waals surface area (Å²) < 4.78 is 35.6. The topological polar surface area (TPSA) is 142 Å². The summed E-state index contributed by atoms with van der Waals surface area (Å²) in [4.78, 5) is 32.8. The number of ether oxygens (including phenoxy) is 1. The van der Waals surface area contributed by atoms with E-state index in [9.17, 15) is 18.0 Å². The van der Waals surface area contributed by atoms with Crippen molar-refractivity contribution in [2.24, 2.45) is 0 Å². The molecule has 254 valence electrons. The average Bonchev–Trinajstić information content (AvgIpc) is 3.68. The van der Waals surface area contributed by atoms with Crippen LogP contribution in [0.15, 0.2) is 59.6 Å². The molecule has 0 radical (unpaired) electrons. The Hall–Kier alpha value is -3.52. The summed E-state index contributed by atoms with van der Waals surface area (Å²) in [6.07, 6.45) is 6.93. The summed E-state index contributed by atoms with van der Waals surface area (Å²) >= 11 is 1.48.